The monoisotopic (exact) mass is 380 g/mol. The number of nitrogens with one attached hydrogen (secondary N) is 1. The van der Waals surface area contributed by atoms with E-state index in [1.807, 2.05) is 0 Å². The third kappa shape index (κ3) is 5.33. The second-order valence-electron chi connectivity index (χ2n) is 5.65. The molecule has 0 aromatic heterocycles. The summed E-state index contributed by atoms with van der Waals surface area (Å²) in [5.74, 6) is -1.08. The summed E-state index contributed by atoms with van der Waals surface area (Å²) in [4.78, 5) is 12.4. The Kier molecular flexibility index (Phi) is 5.94. The number of carbonyl (C=O) groups excluding carboxylic acids is 1. The van der Waals surface area contributed by atoms with Crippen LogP contribution in [0.3, 0.4) is 0 Å². The van der Waals surface area contributed by atoms with Crippen LogP contribution in [0.1, 0.15) is 26.2 Å². The zero-order chi connectivity index (χ0) is 18.7. The van der Waals surface area contributed by atoms with E-state index in [2.05, 4.69) is 10.1 Å². The molecule has 1 aromatic carbocycles. The number of carbonyl (C=O) groups is 1. The van der Waals surface area contributed by atoms with Gasteiger partial charge >= 0.3 is 6.36 Å². The Morgan fingerprint density at radius 1 is 1.40 bits per heavy atom. The van der Waals surface area contributed by atoms with E-state index in [1.165, 1.54) is 16.4 Å². The largest absolute Gasteiger partial charge is 0.573 e. The molecule has 0 aliphatic carbocycles. The number of benzene rings is 1. The fourth-order valence-corrected chi connectivity index (χ4v) is 4.45. The highest BCUT2D eigenvalue weighted by atomic mass is 32.2. The van der Waals surface area contributed by atoms with Crippen molar-refractivity contribution in [3.8, 4) is 5.75 Å². The van der Waals surface area contributed by atoms with Crippen LogP contribution in [-0.4, -0.2) is 43.3 Å². The van der Waals surface area contributed by atoms with E-state index in [-0.39, 0.29) is 18.0 Å². The summed E-state index contributed by atoms with van der Waals surface area (Å²) in [6.07, 6.45) is -3.48. The Morgan fingerprint density at radius 2 is 2.12 bits per heavy atom. The van der Waals surface area contributed by atoms with E-state index >= 15 is 0 Å². The minimum absolute atomic E-state index is 0.0499. The quantitative estimate of drug-likeness (QED) is 0.823. The number of hydrogen-bond donors (Lipinski definition) is 1. The summed E-state index contributed by atoms with van der Waals surface area (Å²) in [5.41, 5.74) is 0.103. The second-order valence-corrected chi connectivity index (χ2v) is 7.69. The van der Waals surface area contributed by atoms with Gasteiger partial charge in [-0.15, -0.1) is 13.2 Å². The van der Waals surface area contributed by atoms with Crippen LogP contribution < -0.4 is 10.1 Å². The molecular weight excluding hydrogens is 361 g/mol. The van der Waals surface area contributed by atoms with Crippen LogP contribution in [0.15, 0.2) is 24.3 Å². The van der Waals surface area contributed by atoms with Crippen LogP contribution in [0.5, 0.6) is 5.75 Å². The number of ether oxygens (including phenoxy) is 1. The number of amides is 1. The molecule has 140 valence electrons. The van der Waals surface area contributed by atoms with Crippen molar-refractivity contribution in [3.63, 3.8) is 0 Å². The normalized spacial score (nSPS) is 19.0. The summed E-state index contributed by atoms with van der Waals surface area (Å²) in [6, 6.07) is 3.99. The van der Waals surface area contributed by atoms with Gasteiger partial charge in [-0.25, -0.2) is 8.42 Å². The average molecular weight is 380 g/mol. The van der Waals surface area contributed by atoms with Crippen LogP contribution >= 0.6 is 0 Å². The molecule has 1 N–H and O–H groups in total. The van der Waals surface area contributed by atoms with Crippen molar-refractivity contribution in [3.05, 3.63) is 24.3 Å². The number of hydrogen-bond acceptors (Lipinski definition) is 4. The summed E-state index contributed by atoms with van der Waals surface area (Å²) in [7, 11) is -3.53. The first-order valence-electron chi connectivity index (χ1n) is 7.78. The van der Waals surface area contributed by atoms with Crippen molar-refractivity contribution < 1.29 is 31.1 Å². The van der Waals surface area contributed by atoms with E-state index in [0.29, 0.717) is 19.3 Å². The Morgan fingerprint density at radius 3 is 2.76 bits per heavy atom. The molecule has 1 heterocycles. The standard InChI is InChI=1S/C15H19F3N2O4S/c1-2-9-25(22,23)20-8-4-7-13(20)14(21)19-11-5-3-6-12(10-11)24-15(16,17)18/h3,5-6,10,13H,2,4,7-9H2,1H3,(H,19,21). The fraction of sp³-hybridized carbons (Fsp3) is 0.533. The maximum Gasteiger partial charge on any atom is 0.573 e. The van der Waals surface area contributed by atoms with Crippen LogP contribution in [0, 0.1) is 0 Å². The summed E-state index contributed by atoms with van der Waals surface area (Å²) < 4.78 is 66.2. The minimum Gasteiger partial charge on any atom is -0.406 e. The molecule has 0 saturated carbocycles. The molecule has 0 spiro atoms. The predicted molar refractivity (Wildman–Crippen MR) is 85.6 cm³/mol. The van der Waals surface area contributed by atoms with Crippen molar-refractivity contribution >= 4 is 21.6 Å². The van der Waals surface area contributed by atoms with Crippen molar-refractivity contribution in [2.24, 2.45) is 0 Å². The van der Waals surface area contributed by atoms with Crippen LogP contribution in [0.4, 0.5) is 18.9 Å². The molecule has 0 bridgehead atoms. The van der Waals surface area contributed by atoms with Gasteiger partial charge in [0.2, 0.25) is 15.9 Å². The molecule has 2 rings (SSSR count). The molecule has 6 nitrogen and oxygen atoms in total. The zero-order valence-corrected chi connectivity index (χ0v) is 14.4. The van der Waals surface area contributed by atoms with Gasteiger partial charge < -0.3 is 10.1 Å². The minimum atomic E-state index is -4.83. The summed E-state index contributed by atoms with van der Waals surface area (Å²) in [5, 5.41) is 2.46. The van der Waals surface area contributed by atoms with E-state index in [0.717, 1.165) is 12.1 Å². The highest BCUT2D eigenvalue weighted by Crippen LogP contribution is 2.27. The van der Waals surface area contributed by atoms with E-state index in [4.69, 9.17) is 0 Å². The summed E-state index contributed by atoms with van der Waals surface area (Å²) >= 11 is 0. The lowest BCUT2D eigenvalue weighted by molar-refractivity contribution is -0.274. The summed E-state index contributed by atoms with van der Waals surface area (Å²) in [6.45, 7) is 1.99. The maximum absolute atomic E-state index is 12.4. The lowest BCUT2D eigenvalue weighted by Crippen LogP contribution is -2.44. The van der Waals surface area contributed by atoms with Gasteiger partial charge in [-0.2, -0.15) is 4.31 Å². The molecule has 1 amide bonds. The number of nitrogens with zero attached hydrogens (tertiary/aromatic N) is 1. The maximum atomic E-state index is 12.4. The molecule has 10 heteroatoms. The number of sulfonamides is 1. The molecule has 1 saturated heterocycles. The first kappa shape index (κ1) is 19.5. The second kappa shape index (κ2) is 7.61. The fourth-order valence-electron chi connectivity index (χ4n) is 2.71. The Hall–Kier alpha value is -1.81. The van der Waals surface area contributed by atoms with Gasteiger partial charge in [-0.1, -0.05) is 13.0 Å². The van der Waals surface area contributed by atoms with E-state index in [1.54, 1.807) is 6.92 Å². The molecule has 0 radical (unpaired) electrons. The molecule has 1 aliphatic heterocycles. The predicted octanol–water partition coefficient (Wildman–Crippen LogP) is 2.73. The third-order valence-electron chi connectivity index (χ3n) is 3.66. The van der Waals surface area contributed by atoms with Crippen molar-refractivity contribution in [1.82, 2.24) is 4.31 Å². The lowest BCUT2D eigenvalue weighted by atomic mass is 10.2. The molecule has 1 fully saturated rings. The van der Waals surface area contributed by atoms with Crippen LogP contribution in [-0.2, 0) is 14.8 Å². The molecule has 1 aliphatic rings. The lowest BCUT2D eigenvalue weighted by Gasteiger charge is -2.23. The molecule has 1 aromatic rings. The van der Waals surface area contributed by atoms with Gasteiger partial charge in [0.25, 0.3) is 0 Å². The van der Waals surface area contributed by atoms with Gasteiger partial charge in [0.15, 0.2) is 0 Å². The van der Waals surface area contributed by atoms with Crippen LogP contribution in [0.2, 0.25) is 0 Å². The highest BCUT2D eigenvalue weighted by Gasteiger charge is 2.38. The van der Waals surface area contributed by atoms with Crippen LogP contribution in [0.25, 0.3) is 0 Å². The van der Waals surface area contributed by atoms with Crippen molar-refractivity contribution in [1.29, 1.82) is 0 Å². The number of alkyl halides is 3. The average Bonchev–Trinajstić information content (AvgIpc) is 2.96. The van der Waals surface area contributed by atoms with E-state index < -0.39 is 34.1 Å². The van der Waals surface area contributed by atoms with Gasteiger partial charge in [-0.05, 0) is 31.4 Å². The van der Waals surface area contributed by atoms with Gasteiger partial charge in [0.05, 0.1) is 5.75 Å². The SMILES string of the molecule is CCCS(=O)(=O)N1CCCC1C(=O)Nc1cccc(OC(F)(F)F)c1. The van der Waals surface area contributed by atoms with Crippen molar-refractivity contribution in [2.75, 3.05) is 17.6 Å². The number of anilines is 1. The molecule has 1 unspecified atom stereocenters. The number of rotatable bonds is 6. The molecule has 25 heavy (non-hydrogen) atoms. The number of halogens is 3. The first-order valence-corrected chi connectivity index (χ1v) is 9.39. The smallest absolute Gasteiger partial charge is 0.406 e. The third-order valence-corrected chi connectivity index (χ3v) is 5.74. The highest BCUT2D eigenvalue weighted by molar-refractivity contribution is 7.89. The zero-order valence-electron chi connectivity index (χ0n) is 13.5. The topological polar surface area (TPSA) is 75.7 Å². The molecule has 1 atom stereocenters. The first-order chi connectivity index (χ1) is 11.6. The molecular formula is C15H19F3N2O4S. The Labute approximate surface area is 144 Å². The van der Waals surface area contributed by atoms with Gasteiger partial charge in [-0.3, -0.25) is 4.79 Å². The van der Waals surface area contributed by atoms with Crippen molar-refractivity contribution in [2.45, 2.75) is 38.6 Å². The van der Waals surface area contributed by atoms with E-state index in [9.17, 15) is 26.4 Å². The Balaban J connectivity index is 2.10. The van der Waals surface area contributed by atoms with Gasteiger partial charge in [0.1, 0.15) is 11.8 Å². The Bertz CT molecular complexity index is 722. The van der Waals surface area contributed by atoms with Gasteiger partial charge in [0, 0.05) is 18.3 Å².